The van der Waals surface area contributed by atoms with Crippen molar-refractivity contribution in [3.05, 3.63) is 11.6 Å². The van der Waals surface area contributed by atoms with Crippen LogP contribution in [0.25, 0.3) is 0 Å². The molecule has 0 aliphatic carbocycles. The summed E-state index contributed by atoms with van der Waals surface area (Å²) < 4.78 is 0. The van der Waals surface area contributed by atoms with Crippen LogP contribution in [0.1, 0.15) is 41.5 Å². The van der Waals surface area contributed by atoms with Gasteiger partial charge in [0.15, 0.2) is 0 Å². The van der Waals surface area contributed by atoms with Crippen molar-refractivity contribution in [2.75, 3.05) is 0 Å². The first-order valence-electron chi connectivity index (χ1n) is 4.72. The topological polar surface area (TPSA) is 29.1 Å². The fraction of sp³-hybridized carbons (Fsp3) is 0.727. The van der Waals surface area contributed by atoms with Crippen LogP contribution in [0, 0.1) is 5.92 Å². The normalized spacial score (nSPS) is 13.3. The molecule has 0 bridgehead atoms. The van der Waals surface area contributed by atoms with E-state index in [1.165, 1.54) is 0 Å². The van der Waals surface area contributed by atoms with E-state index in [0.29, 0.717) is 5.92 Å². The molecule has 0 unspecified atom stereocenters. The van der Waals surface area contributed by atoms with Crippen molar-refractivity contribution in [1.82, 2.24) is 5.32 Å². The van der Waals surface area contributed by atoms with Crippen molar-refractivity contribution in [2.45, 2.75) is 47.1 Å². The highest BCUT2D eigenvalue weighted by atomic mass is 16.1. The summed E-state index contributed by atoms with van der Waals surface area (Å²) in [4.78, 5) is 11.4. The second-order valence-corrected chi connectivity index (χ2v) is 4.78. The molecule has 0 rings (SSSR count). The van der Waals surface area contributed by atoms with Gasteiger partial charge in [-0.1, -0.05) is 19.4 Å². The molecule has 0 aliphatic heterocycles. The van der Waals surface area contributed by atoms with E-state index in [-0.39, 0.29) is 11.4 Å². The lowest BCUT2D eigenvalue weighted by molar-refractivity contribution is -0.117. The maximum Gasteiger partial charge on any atom is 0.244 e. The van der Waals surface area contributed by atoms with Gasteiger partial charge in [-0.15, -0.1) is 0 Å². The first-order valence-corrected chi connectivity index (χ1v) is 4.72. The average Bonchev–Trinajstić information content (AvgIpc) is 1.81. The van der Waals surface area contributed by atoms with Crippen LogP contribution >= 0.6 is 0 Å². The summed E-state index contributed by atoms with van der Waals surface area (Å²) in [6.45, 7) is 12.1. The lowest BCUT2D eigenvalue weighted by atomic mass is 10.0. The Bertz CT molecular complexity index is 209. The number of nitrogens with one attached hydrogen (secondary N) is 1. The summed E-state index contributed by atoms with van der Waals surface area (Å²) in [6.07, 6.45) is 1.68. The maximum absolute atomic E-state index is 11.4. The molecular formula is C11H21NO. The zero-order chi connectivity index (χ0) is 10.6. The molecule has 0 aliphatic rings. The van der Waals surface area contributed by atoms with Crippen molar-refractivity contribution < 1.29 is 4.79 Å². The molecule has 0 saturated carbocycles. The molecule has 1 amide bonds. The minimum atomic E-state index is -0.148. The first-order chi connectivity index (χ1) is 5.72. The summed E-state index contributed by atoms with van der Waals surface area (Å²) in [7, 11) is 0. The number of carbonyl (C=O) groups is 1. The summed E-state index contributed by atoms with van der Waals surface area (Å²) in [5.74, 6) is 0.435. The predicted octanol–water partition coefficient (Wildman–Crippen LogP) is 2.50. The van der Waals surface area contributed by atoms with Gasteiger partial charge in [-0.05, 0) is 33.6 Å². The third kappa shape index (κ3) is 6.38. The largest absolute Gasteiger partial charge is 0.348 e. The lowest BCUT2D eigenvalue weighted by Gasteiger charge is -2.19. The van der Waals surface area contributed by atoms with Gasteiger partial charge in [0.2, 0.25) is 5.91 Å². The second-order valence-electron chi connectivity index (χ2n) is 4.78. The number of hydrogen-bond acceptors (Lipinski definition) is 1. The van der Waals surface area contributed by atoms with Crippen LogP contribution in [-0.4, -0.2) is 11.4 Å². The minimum absolute atomic E-state index is 0.00120. The molecule has 1 N–H and O–H groups in total. The predicted molar refractivity (Wildman–Crippen MR) is 56.5 cm³/mol. The molecule has 0 aromatic heterocycles. The smallest absolute Gasteiger partial charge is 0.244 e. The Balaban J connectivity index is 4.24. The van der Waals surface area contributed by atoms with Crippen LogP contribution < -0.4 is 5.32 Å². The SMILES string of the molecule is C/C(=C/C(=O)NC(C)(C)C)C(C)C. The molecular weight excluding hydrogens is 162 g/mol. The van der Waals surface area contributed by atoms with Gasteiger partial charge < -0.3 is 5.32 Å². The fourth-order valence-corrected chi connectivity index (χ4v) is 0.779. The zero-order valence-corrected chi connectivity index (χ0v) is 9.56. The van der Waals surface area contributed by atoms with Crippen molar-refractivity contribution in [3.8, 4) is 0 Å². The van der Waals surface area contributed by atoms with E-state index in [9.17, 15) is 4.79 Å². The van der Waals surface area contributed by atoms with E-state index in [1.807, 2.05) is 27.7 Å². The number of allylic oxidation sites excluding steroid dienone is 1. The summed E-state index contributed by atoms with van der Waals surface area (Å²) in [5, 5.41) is 2.89. The van der Waals surface area contributed by atoms with Crippen molar-refractivity contribution >= 4 is 5.91 Å². The maximum atomic E-state index is 11.4. The monoisotopic (exact) mass is 183 g/mol. The van der Waals surface area contributed by atoms with Gasteiger partial charge in [0.05, 0.1) is 0 Å². The second kappa shape index (κ2) is 4.45. The Morgan fingerprint density at radius 3 is 2.08 bits per heavy atom. The molecule has 0 radical (unpaired) electrons. The van der Waals surface area contributed by atoms with Crippen LogP contribution in [0.5, 0.6) is 0 Å². The van der Waals surface area contributed by atoms with Crippen molar-refractivity contribution in [3.63, 3.8) is 0 Å². The Morgan fingerprint density at radius 2 is 1.77 bits per heavy atom. The van der Waals surface area contributed by atoms with Gasteiger partial charge in [-0.25, -0.2) is 0 Å². The standard InChI is InChI=1S/C11H21NO/c1-8(2)9(3)7-10(13)12-11(4,5)6/h7-8H,1-6H3,(H,12,13)/b9-7-. The summed E-state index contributed by atoms with van der Waals surface area (Å²) in [6, 6.07) is 0. The zero-order valence-electron chi connectivity index (χ0n) is 9.56. The molecule has 0 heterocycles. The van der Waals surface area contributed by atoms with Crippen LogP contribution in [0.2, 0.25) is 0 Å². The number of rotatable bonds is 2. The fourth-order valence-electron chi connectivity index (χ4n) is 0.779. The van der Waals surface area contributed by atoms with Gasteiger partial charge in [0.1, 0.15) is 0 Å². The van der Waals surface area contributed by atoms with Gasteiger partial charge >= 0.3 is 0 Å². The summed E-state index contributed by atoms with van der Waals surface area (Å²) in [5.41, 5.74) is 0.965. The van der Waals surface area contributed by atoms with E-state index in [0.717, 1.165) is 5.57 Å². The third-order valence-electron chi connectivity index (χ3n) is 1.77. The average molecular weight is 183 g/mol. The van der Waals surface area contributed by atoms with E-state index in [2.05, 4.69) is 19.2 Å². The third-order valence-corrected chi connectivity index (χ3v) is 1.77. The Morgan fingerprint density at radius 1 is 1.31 bits per heavy atom. The van der Waals surface area contributed by atoms with Gasteiger partial charge in [0.25, 0.3) is 0 Å². The van der Waals surface area contributed by atoms with E-state index in [4.69, 9.17) is 0 Å². The van der Waals surface area contributed by atoms with Crippen LogP contribution in [0.3, 0.4) is 0 Å². The summed E-state index contributed by atoms with van der Waals surface area (Å²) >= 11 is 0. The molecule has 0 aromatic carbocycles. The molecule has 2 nitrogen and oxygen atoms in total. The molecule has 0 atom stereocenters. The molecule has 76 valence electrons. The molecule has 0 saturated heterocycles. The highest BCUT2D eigenvalue weighted by Gasteiger charge is 2.12. The molecule has 13 heavy (non-hydrogen) atoms. The van der Waals surface area contributed by atoms with Crippen LogP contribution in [-0.2, 0) is 4.79 Å². The highest BCUT2D eigenvalue weighted by Crippen LogP contribution is 2.07. The Kier molecular flexibility index (Phi) is 4.18. The first kappa shape index (κ1) is 12.2. The van der Waals surface area contributed by atoms with Crippen LogP contribution in [0.4, 0.5) is 0 Å². The quantitative estimate of drug-likeness (QED) is 0.655. The number of hydrogen-bond donors (Lipinski definition) is 1. The van der Waals surface area contributed by atoms with Gasteiger partial charge in [-0.2, -0.15) is 0 Å². The van der Waals surface area contributed by atoms with Gasteiger partial charge in [-0.3, -0.25) is 4.79 Å². The number of carbonyl (C=O) groups excluding carboxylic acids is 1. The van der Waals surface area contributed by atoms with Gasteiger partial charge in [0, 0.05) is 11.6 Å². The minimum Gasteiger partial charge on any atom is -0.348 e. The van der Waals surface area contributed by atoms with Crippen molar-refractivity contribution in [2.24, 2.45) is 5.92 Å². The molecule has 0 spiro atoms. The highest BCUT2D eigenvalue weighted by molar-refractivity contribution is 5.88. The van der Waals surface area contributed by atoms with E-state index < -0.39 is 0 Å². The number of amides is 1. The van der Waals surface area contributed by atoms with Crippen molar-refractivity contribution in [1.29, 1.82) is 0 Å². The Labute approximate surface area is 81.4 Å². The molecule has 2 heteroatoms. The molecule has 0 fully saturated rings. The van der Waals surface area contributed by atoms with E-state index in [1.54, 1.807) is 6.08 Å². The van der Waals surface area contributed by atoms with Crippen LogP contribution in [0.15, 0.2) is 11.6 Å². The lowest BCUT2D eigenvalue weighted by Crippen LogP contribution is -2.39. The Hall–Kier alpha value is -0.790. The van der Waals surface area contributed by atoms with E-state index >= 15 is 0 Å². The molecule has 0 aromatic rings.